The van der Waals surface area contributed by atoms with Gasteiger partial charge in [-0.15, -0.1) is 0 Å². The van der Waals surface area contributed by atoms with Gasteiger partial charge in [-0.1, -0.05) is 18.2 Å². The van der Waals surface area contributed by atoms with E-state index >= 15 is 0 Å². The largest absolute Gasteiger partial charge is 0.506 e. The van der Waals surface area contributed by atoms with Crippen LogP contribution in [0.1, 0.15) is 32.3 Å². The first kappa shape index (κ1) is 11.9. The van der Waals surface area contributed by atoms with Crippen molar-refractivity contribution in [3.05, 3.63) is 53.6 Å². The number of rotatable bonds is 9. The van der Waals surface area contributed by atoms with Crippen molar-refractivity contribution in [2.24, 2.45) is 0 Å². The summed E-state index contributed by atoms with van der Waals surface area (Å²) in [6.45, 7) is -3.59. The average molecular weight is 350 g/mol. The minimum absolute atomic E-state index is 0.0353. The number of hydrogen-bond donors (Lipinski definition) is 4. The Hall–Kier alpha value is -2.57. The van der Waals surface area contributed by atoms with Crippen LogP contribution >= 0.6 is 0 Å². The van der Waals surface area contributed by atoms with Gasteiger partial charge < -0.3 is 25.6 Å². The van der Waals surface area contributed by atoms with Gasteiger partial charge in [-0.05, 0) is 48.6 Å². The minimum atomic E-state index is -3.10. The lowest BCUT2D eigenvalue weighted by Gasteiger charge is -2.18. The number of methoxy groups -OCH3 is 1. The van der Waals surface area contributed by atoms with Crippen LogP contribution in [0.25, 0.3) is 0 Å². The summed E-state index contributed by atoms with van der Waals surface area (Å²) >= 11 is 0. The van der Waals surface area contributed by atoms with Crippen LogP contribution in [0.2, 0.25) is 0 Å². The molecule has 2 atom stereocenters. The van der Waals surface area contributed by atoms with Gasteiger partial charge in [-0.3, -0.25) is 4.79 Å². The summed E-state index contributed by atoms with van der Waals surface area (Å²) in [4.78, 5) is 10.6. The third-order valence-corrected chi connectivity index (χ3v) is 3.45. The fourth-order valence-electron chi connectivity index (χ4n) is 2.12. The summed E-state index contributed by atoms with van der Waals surface area (Å²) < 4.78 is 53.8. The molecule has 0 aliphatic rings. The van der Waals surface area contributed by atoms with E-state index in [1.165, 1.54) is 49.6 Å². The van der Waals surface area contributed by atoms with E-state index in [1.807, 2.05) is 0 Å². The van der Waals surface area contributed by atoms with E-state index in [4.69, 9.17) is 13.0 Å². The number of hydrogen-bond acceptors (Lipinski definition) is 5. The van der Waals surface area contributed by atoms with Crippen LogP contribution in [-0.4, -0.2) is 36.3 Å². The van der Waals surface area contributed by atoms with Gasteiger partial charge in [0.25, 0.3) is 0 Å². The number of benzene rings is 2. The molecular weight excluding hydrogens is 320 g/mol. The van der Waals surface area contributed by atoms with Crippen LogP contribution in [-0.2, 0) is 11.2 Å². The van der Waals surface area contributed by atoms with Crippen LogP contribution in [0.3, 0.4) is 0 Å². The van der Waals surface area contributed by atoms with Gasteiger partial charge in [0, 0.05) is 20.8 Å². The Morgan fingerprint density at radius 1 is 1.36 bits per heavy atom. The highest BCUT2D eigenvalue weighted by Gasteiger charge is 2.12. The highest BCUT2D eigenvalue weighted by molar-refractivity contribution is 5.75. The normalized spacial score (nSPS) is 19.0. The van der Waals surface area contributed by atoms with Gasteiger partial charge in [-0.2, -0.15) is 0 Å². The standard InChI is InChI=1S/C19H24N2O4/c1-13(9-14-3-6-16(25-2)7-4-14)20-11-19(24)15-5-8-18(23)17(10-15)21-12-22/h3-8,10,12-13,19-20,23-24H,9,11H2,1-2H3,(H,21,22)/t13?,19-/m1/s1/i1D3,9D2,13D. The Balaban J connectivity index is 2.32. The summed E-state index contributed by atoms with van der Waals surface area (Å²) in [6.07, 6.45) is -3.69. The smallest absolute Gasteiger partial charge is 0.211 e. The average Bonchev–Trinajstić information content (AvgIpc) is 2.72. The second kappa shape index (κ2) is 9.05. The summed E-state index contributed by atoms with van der Waals surface area (Å²) in [5, 5.41) is 24.8. The molecule has 0 radical (unpaired) electrons. The SMILES string of the molecule is [2H]C([2H])([2H])C([2H])(NC[C@@H](O)c1ccc(O)c(NC=O)c1)C([2H])([2H])c1ccc(OC)cc1. The van der Waals surface area contributed by atoms with E-state index in [0.717, 1.165) is 0 Å². The molecule has 0 aliphatic heterocycles. The van der Waals surface area contributed by atoms with Crippen LogP contribution in [0.4, 0.5) is 5.69 Å². The second-order valence-corrected chi connectivity index (χ2v) is 5.16. The van der Waals surface area contributed by atoms with Crippen LogP contribution < -0.4 is 15.4 Å². The third kappa shape index (κ3) is 5.48. The fraction of sp³-hybridized carbons (Fsp3) is 0.316. The van der Waals surface area contributed by atoms with Gasteiger partial charge >= 0.3 is 0 Å². The summed E-state index contributed by atoms with van der Waals surface area (Å²) in [7, 11) is 1.43. The molecule has 134 valence electrons. The number of aliphatic hydroxyl groups is 1. The summed E-state index contributed by atoms with van der Waals surface area (Å²) in [5.41, 5.74) is 0.198. The number of carbonyl (C=O) groups is 1. The van der Waals surface area contributed by atoms with E-state index in [0.29, 0.717) is 12.2 Å². The lowest BCUT2D eigenvalue weighted by molar-refractivity contribution is -0.105. The van der Waals surface area contributed by atoms with Crippen molar-refractivity contribution in [2.75, 3.05) is 19.0 Å². The van der Waals surface area contributed by atoms with E-state index < -0.39 is 31.9 Å². The number of amides is 1. The molecule has 2 rings (SSSR count). The fourth-order valence-corrected chi connectivity index (χ4v) is 2.12. The Bertz CT molecular complexity index is 907. The monoisotopic (exact) mass is 350 g/mol. The predicted molar refractivity (Wildman–Crippen MR) is 96.9 cm³/mol. The summed E-state index contributed by atoms with van der Waals surface area (Å²) in [5.74, 6) is 0.212. The Morgan fingerprint density at radius 2 is 2.12 bits per heavy atom. The van der Waals surface area contributed by atoms with Crippen molar-refractivity contribution >= 4 is 12.1 Å². The maximum absolute atomic E-state index is 10.6. The number of nitrogens with one attached hydrogen (secondary N) is 2. The number of ether oxygens (including phenoxy) is 1. The zero-order valence-electron chi connectivity index (χ0n) is 19.6. The Kier molecular flexibility index (Phi) is 4.31. The minimum Gasteiger partial charge on any atom is -0.506 e. The Labute approximate surface area is 155 Å². The van der Waals surface area contributed by atoms with Crippen molar-refractivity contribution in [3.63, 3.8) is 0 Å². The van der Waals surface area contributed by atoms with Crippen LogP contribution in [0, 0.1) is 0 Å². The molecule has 2 aromatic carbocycles. The molecule has 4 N–H and O–H groups in total. The van der Waals surface area contributed by atoms with E-state index in [9.17, 15) is 15.0 Å². The molecule has 2 aromatic rings. The number of anilines is 1. The zero-order valence-corrected chi connectivity index (χ0v) is 13.6. The molecule has 0 heterocycles. The molecule has 0 fully saturated rings. The predicted octanol–water partition coefficient (Wildman–Crippen LogP) is 2.22. The molecule has 0 saturated heterocycles. The lowest BCUT2D eigenvalue weighted by Crippen LogP contribution is -2.32. The van der Waals surface area contributed by atoms with E-state index in [-0.39, 0.29) is 22.6 Å². The third-order valence-electron chi connectivity index (χ3n) is 3.45. The van der Waals surface area contributed by atoms with Gasteiger partial charge in [0.2, 0.25) is 6.41 Å². The zero-order chi connectivity index (χ0) is 23.4. The molecule has 25 heavy (non-hydrogen) atoms. The molecule has 0 saturated carbocycles. The summed E-state index contributed by atoms with van der Waals surface area (Å²) in [6, 6.07) is 6.66. The number of aliphatic hydroxyl groups excluding tert-OH is 1. The molecule has 0 aromatic heterocycles. The molecule has 1 amide bonds. The first-order valence-electron chi connectivity index (χ1n) is 10.5. The maximum atomic E-state index is 10.6. The molecule has 6 nitrogen and oxygen atoms in total. The van der Waals surface area contributed by atoms with Gasteiger partial charge in [-0.25, -0.2) is 0 Å². The highest BCUT2D eigenvalue weighted by Crippen LogP contribution is 2.26. The van der Waals surface area contributed by atoms with Crippen molar-refractivity contribution in [3.8, 4) is 11.5 Å². The Morgan fingerprint density at radius 3 is 2.76 bits per heavy atom. The molecular formula is C19H24N2O4. The van der Waals surface area contributed by atoms with Crippen molar-refractivity contribution in [2.45, 2.75) is 25.3 Å². The molecule has 0 spiro atoms. The quantitative estimate of drug-likeness (QED) is 0.411. The first-order chi connectivity index (χ1) is 14.4. The number of phenolic OH excluding ortho intramolecular Hbond substituents is 1. The van der Waals surface area contributed by atoms with Crippen molar-refractivity contribution < 1.29 is 28.0 Å². The molecule has 0 aliphatic carbocycles. The van der Waals surface area contributed by atoms with Crippen molar-refractivity contribution in [1.29, 1.82) is 0 Å². The number of carbonyl (C=O) groups excluding carboxylic acids is 1. The van der Waals surface area contributed by atoms with Gasteiger partial charge in [0.1, 0.15) is 11.5 Å². The van der Waals surface area contributed by atoms with Gasteiger partial charge in [0.05, 0.1) is 18.9 Å². The number of aromatic hydroxyl groups is 1. The van der Waals surface area contributed by atoms with E-state index in [2.05, 4.69) is 10.6 Å². The highest BCUT2D eigenvalue weighted by atomic mass is 16.5. The van der Waals surface area contributed by atoms with Gasteiger partial charge in [0.15, 0.2) is 0 Å². The van der Waals surface area contributed by atoms with E-state index in [1.54, 1.807) is 0 Å². The maximum Gasteiger partial charge on any atom is 0.211 e. The van der Waals surface area contributed by atoms with Crippen LogP contribution in [0.5, 0.6) is 11.5 Å². The molecule has 6 heteroatoms. The number of phenols is 1. The molecule has 1 unspecified atom stereocenters. The first-order valence-corrected chi connectivity index (χ1v) is 7.48. The topological polar surface area (TPSA) is 90.8 Å². The van der Waals surface area contributed by atoms with Crippen LogP contribution in [0.15, 0.2) is 42.5 Å². The lowest BCUT2D eigenvalue weighted by atomic mass is 10.1. The second-order valence-electron chi connectivity index (χ2n) is 5.16. The van der Waals surface area contributed by atoms with Crippen molar-refractivity contribution in [1.82, 2.24) is 5.32 Å². The molecule has 0 bridgehead atoms.